The topological polar surface area (TPSA) is 42.4 Å². The lowest BCUT2D eigenvalue weighted by molar-refractivity contribution is -0.146. The van der Waals surface area contributed by atoms with Gasteiger partial charge in [-0.15, -0.1) is 0 Å². The van der Waals surface area contributed by atoms with Crippen LogP contribution in [0.2, 0.25) is 0 Å². The van der Waals surface area contributed by atoms with Gasteiger partial charge in [0.15, 0.2) is 0 Å². The number of aromatic nitrogens is 1. The van der Waals surface area contributed by atoms with Crippen LogP contribution in [0.4, 0.5) is 0 Å². The number of carbonyl (C=O) groups is 1. The lowest BCUT2D eigenvalue weighted by atomic mass is 9.90. The average molecular weight is 312 g/mol. The van der Waals surface area contributed by atoms with Gasteiger partial charge in [0.1, 0.15) is 0 Å². The van der Waals surface area contributed by atoms with Crippen LogP contribution >= 0.6 is 0 Å². The Morgan fingerprint density at radius 2 is 2.26 bits per heavy atom. The zero-order valence-corrected chi connectivity index (χ0v) is 14.3. The Hall–Kier alpha value is -2.36. The van der Waals surface area contributed by atoms with Crippen LogP contribution in [0.1, 0.15) is 29.4 Å². The minimum Gasteiger partial charge on any atom is -0.466 e. The molecule has 1 unspecified atom stereocenters. The Balaban J connectivity index is 2.38. The van der Waals surface area contributed by atoms with E-state index >= 15 is 0 Å². The van der Waals surface area contributed by atoms with Crippen molar-refractivity contribution >= 4 is 17.6 Å². The minimum absolute atomic E-state index is 0.177. The molecule has 4 nitrogen and oxygen atoms in total. The van der Waals surface area contributed by atoms with E-state index < -0.39 is 0 Å². The highest BCUT2D eigenvalue weighted by Gasteiger charge is 2.23. The van der Waals surface area contributed by atoms with Crippen molar-refractivity contribution in [1.29, 1.82) is 0 Å². The molecule has 1 aromatic rings. The van der Waals surface area contributed by atoms with Gasteiger partial charge in [-0.25, -0.2) is 0 Å². The van der Waals surface area contributed by atoms with Crippen molar-refractivity contribution in [2.45, 2.75) is 20.3 Å². The zero-order valence-electron chi connectivity index (χ0n) is 14.3. The summed E-state index contributed by atoms with van der Waals surface area (Å²) in [6.07, 6.45) is 8.27. The van der Waals surface area contributed by atoms with E-state index in [2.05, 4.69) is 17.6 Å². The Morgan fingerprint density at radius 1 is 1.52 bits per heavy atom. The van der Waals surface area contributed by atoms with Crippen molar-refractivity contribution in [3.63, 3.8) is 0 Å². The molecule has 0 saturated carbocycles. The predicted molar refractivity (Wildman–Crippen MR) is 93.7 cm³/mol. The van der Waals surface area contributed by atoms with Crippen LogP contribution in [-0.4, -0.2) is 36.6 Å². The summed E-state index contributed by atoms with van der Waals surface area (Å²) in [4.78, 5) is 18.6. The molecular weight excluding hydrogens is 288 g/mol. The fourth-order valence-electron chi connectivity index (χ4n) is 2.70. The van der Waals surface area contributed by atoms with Crippen LogP contribution in [0.15, 0.2) is 31.0 Å². The van der Waals surface area contributed by atoms with Gasteiger partial charge in [-0.05, 0) is 43.5 Å². The van der Waals surface area contributed by atoms with Crippen LogP contribution in [-0.2, 0) is 16.0 Å². The third kappa shape index (κ3) is 3.89. The van der Waals surface area contributed by atoms with Crippen LogP contribution in [0.3, 0.4) is 0 Å². The number of aryl methyl sites for hydroxylation is 1. The molecular formula is C19H24N2O2. The molecule has 0 aromatic carbocycles. The molecule has 1 aromatic heterocycles. The van der Waals surface area contributed by atoms with Gasteiger partial charge in [0, 0.05) is 31.6 Å². The van der Waals surface area contributed by atoms with E-state index in [1.54, 1.807) is 0 Å². The van der Waals surface area contributed by atoms with E-state index in [1.165, 1.54) is 0 Å². The van der Waals surface area contributed by atoms with Gasteiger partial charge in [0.05, 0.1) is 18.2 Å². The van der Waals surface area contributed by atoms with Crippen molar-refractivity contribution in [3.05, 3.63) is 53.5 Å². The van der Waals surface area contributed by atoms with Crippen molar-refractivity contribution < 1.29 is 9.53 Å². The van der Waals surface area contributed by atoms with Gasteiger partial charge >= 0.3 is 5.97 Å². The lowest BCUT2D eigenvalue weighted by Gasteiger charge is -2.20. The van der Waals surface area contributed by atoms with Gasteiger partial charge in [-0.1, -0.05) is 18.7 Å². The first-order valence-corrected chi connectivity index (χ1v) is 7.82. The third-order valence-electron chi connectivity index (χ3n) is 3.77. The van der Waals surface area contributed by atoms with Gasteiger partial charge < -0.3 is 9.64 Å². The number of ether oxygens (including phenoxy) is 1. The molecule has 1 aliphatic rings. The molecule has 0 N–H and O–H groups in total. The van der Waals surface area contributed by atoms with Gasteiger partial charge in [-0.3, -0.25) is 9.78 Å². The molecule has 1 heterocycles. The molecule has 4 heteroatoms. The van der Waals surface area contributed by atoms with Crippen LogP contribution in [0.25, 0.3) is 11.6 Å². The van der Waals surface area contributed by atoms with Crippen molar-refractivity contribution in [1.82, 2.24) is 9.88 Å². The monoisotopic (exact) mass is 312 g/mol. The molecule has 2 rings (SSSR count). The molecule has 0 bridgehead atoms. The minimum atomic E-state index is -0.232. The second kappa shape index (κ2) is 7.27. The number of pyridine rings is 1. The summed E-state index contributed by atoms with van der Waals surface area (Å²) in [5.74, 6) is -0.408. The first kappa shape index (κ1) is 17.0. The Bertz CT molecular complexity index is 672. The summed E-state index contributed by atoms with van der Waals surface area (Å²) in [7, 11) is 3.95. The van der Waals surface area contributed by atoms with Crippen LogP contribution in [0.5, 0.6) is 0 Å². The van der Waals surface area contributed by atoms with Gasteiger partial charge in [-0.2, -0.15) is 0 Å². The number of esters is 1. The van der Waals surface area contributed by atoms with Gasteiger partial charge in [0.2, 0.25) is 0 Å². The average Bonchev–Trinajstić information content (AvgIpc) is 2.51. The highest BCUT2D eigenvalue weighted by atomic mass is 16.5. The van der Waals surface area contributed by atoms with E-state index in [0.29, 0.717) is 13.0 Å². The molecule has 23 heavy (non-hydrogen) atoms. The fraction of sp³-hybridized carbons (Fsp3) is 0.368. The second-order valence-electron chi connectivity index (χ2n) is 5.84. The number of carbonyl (C=O) groups excluding carboxylic acids is 1. The van der Waals surface area contributed by atoms with Crippen molar-refractivity contribution in [2.75, 3.05) is 20.7 Å². The molecule has 0 spiro atoms. The van der Waals surface area contributed by atoms with E-state index in [0.717, 1.165) is 28.1 Å². The first-order valence-electron chi connectivity index (χ1n) is 7.82. The summed E-state index contributed by atoms with van der Waals surface area (Å²) in [5.41, 5.74) is 5.02. The number of nitrogens with zero attached hydrogens (tertiary/aromatic N) is 2. The number of fused-ring (bicyclic) bond motifs is 1. The summed E-state index contributed by atoms with van der Waals surface area (Å²) in [5, 5.41) is 0. The van der Waals surface area contributed by atoms with E-state index in [9.17, 15) is 4.79 Å². The fourth-order valence-corrected chi connectivity index (χ4v) is 2.70. The molecule has 0 aliphatic heterocycles. The van der Waals surface area contributed by atoms with Crippen LogP contribution in [0, 0.1) is 12.8 Å². The number of rotatable bonds is 5. The smallest absolute Gasteiger partial charge is 0.313 e. The Kier molecular flexibility index (Phi) is 5.37. The highest BCUT2D eigenvalue weighted by molar-refractivity contribution is 5.79. The quantitative estimate of drug-likeness (QED) is 0.618. The first-order chi connectivity index (χ1) is 11.0. The number of hydrogen-bond donors (Lipinski definition) is 0. The third-order valence-corrected chi connectivity index (χ3v) is 3.77. The van der Waals surface area contributed by atoms with Gasteiger partial charge in [0.25, 0.3) is 0 Å². The normalized spacial score (nSPS) is 16.7. The standard InChI is InChI=1S/C19H24N2O2/c1-6-14(12-21(4)5)17-11-16-10-15(19(22)23-7-2)8-9-18(16)20-13(17)3/h6,8-9,11-12,15H,1,7,10H2,2-5H3/b14-12+. The number of hydrogen-bond acceptors (Lipinski definition) is 4. The summed E-state index contributed by atoms with van der Waals surface area (Å²) in [6.45, 7) is 8.12. The Morgan fingerprint density at radius 3 is 2.87 bits per heavy atom. The molecule has 1 aliphatic carbocycles. The maximum atomic E-state index is 12.0. The highest BCUT2D eigenvalue weighted by Crippen LogP contribution is 2.28. The zero-order chi connectivity index (χ0) is 17.0. The second-order valence-corrected chi connectivity index (χ2v) is 5.84. The van der Waals surface area contributed by atoms with E-state index in [1.807, 2.05) is 57.3 Å². The number of allylic oxidation sites excluding steroid dienone is 2. The van der Waals surface area contributed by atoms with E-state index in [-0.39, 0.29) is 11.9 Å². The molecule has 0 amide bonds. The maximum absolute atomic E-state index is 12.0. The lowest BCUT2D eigenvalue weighted by Crippen LogP contribution is -2.21. The molecule has 0 saturated heterocycles. The maximum Gasteiger partial charge on any atom is 0.313 e. The van der Waals surface area contributed by atoms with Crippen molar-refractivity contribution in [3.8, 4) is 0 Å². The SMILES string of the molecule is C=C/C(=C\N(C)C)c1cc2c(nc1C)C=CC(C(=O)OCC)C2. The molecule has 0 fully saturated rings. The van der Waals surface area contributed by atoms with Crippen LogP contribution < -0.4 is 0 Å². The summed E-state index contributed by atoms with van der Waals surface area (Å²) < 4.78 is 5.13. The molecule has 0 radical (unpaired) electrons. The molecule has 1 atom stereocenters. The molecule has 122 valence electrons. The summed E-state index contributed by atoms with van der Waals surface area (Å²) in [6, 6.07) is 2.12. The predicted octanol–water partition coefficient (Wildman–Crippen LogP) is 3.23. The Labute approximate surface area is 138 Å². The largest absolute Gasteiger partial charge is 0.466 e. The van der Waals surface area contributed by atoms with Crippen molar-refractivity contribution in [2.24, 2.45) is 5.92 Å². The summed E-state index contributed by atoms with van der Waals surface area (Å²) >= 11 is 0. The van der Waals surface area contributed by atoms with E-state index in [4.69, 9.17) is 4.74 Å².